The van der Waals surface area contributed by atoms with E-state index < -0.39 is 32.2 Å². The lowest BCUT2D eigenvalue weighted by molar-refractivity contribution is -0.384. The number of amidine groups is 1. The van der Waals surface area contributed by atoms with Crippen LogP contribution in [0.15, 0.2) is 77.7 Å². The van der Waals surface area contributed by atoms with Gasteiger partial charge in [-0.15, -0.1) is 0 Å². The van der Waals surface area contributed by atoms with Gasteiger partial charge in [-0.25, -0.2) is 8.42 Å². The number of nitrogens with one attached hydrogen (secondary N) is 2. The summed E-state index contributed by atoms with van der Waals surface area (Å²) in [5.74, 6) is -1.57. The molecule has 0 amide bonds. The number of hydrogen-bond donors (Lipinski definition) is 4. The Bertz CT molecular complexity index is 1400. The number of hydrogen-bond acceptors (Lipinski definition) is 6. The van der Waals surface area contributed by atoms with E-state index in [-0.39, 0.29) is 16.4 Å². The maximum atomic E-state index is 12.8. The van der Waals surface area contributed by atoms with Gasteiger partial charge in [-0.2, -0.15) is 0 Å². The summed E-state index contributed by atoms with van der Waals surface area (Å²) in [5, 5.41) is 28.5. The fourth-order valence-corrected chi connectivity index (χ4v) is 5.50. The Morgan fingerprint density at radius 2 is 1.66 bits per heavy atom. The number of nitrogens with two attached hydrogens (primary N) is 1. The molecule has 0 aliphatic heterocycles. The third-order valence-corrected chi connectivity index (χ3v) is 7.84. The van der Waals surface area contributed by atoms with Crippen molar-refractivity contribution in [3.8, 4) is 0 Å². The molecule has 10 nitrogen and oxygen atoms in total. The Balaban J connectivity index is 1.58. The van der Waals surface area contributed by atoms with Crippen LogP contribution in [0.1, 0.15) is 35.4 Å². The zero-order valence-corrected chi connectivity index (χ0v) is 19.2. The maximum absolute atomic E-state index is 12.8. The van der Waals surface area contributed by atoms with Crippen LogP contribution in [0.5, 0.6) is 0 Å². The fourth-order valence-electron chi connectivity index (χ4n) is 4.45. The number of nitro groups is 1. The molecule has 35 heavy (non-hydrogen) atoms. The van der Waals surface area contributed by atoms with Gasteiger partial charge >= 0.3 is 5.97 Å². The molecule has 0 radical (unpaired) electrons. The number of nitrogen functional groups attached to an aromatic ring is 1. The largest absolute Gasteiger partial charge is 0.481 e. The monoisotopic (exact) mass is 494 g/mol. The molecule has 0 bridgehead atoms. The normalized spacial score (nSPS) is 19.4. The number of anilines is 1. The van der Waals surface area contributed by atoms with E-state index in [4.69, 9.17) is 11.1 Å². The van der Waals surface area contributed by atoms with E-state index in [1.165, 1.54) is 60.7 Å². The molecule has 1 fully saturated rings. The van der Waals surface area contributed by atoms with Gasteiger partial charge < -0.3 is 10.8 Å². The minimum absolute atomic E-state index is 0.00692. The first kappa shape index (κ1) is 23.9. The first-order valence-corrected chi connectivity index (χ1v) is 12.1. The van der Waals surface area contributed by atoms with Crippen LogP contribution in [0.25, 0.3) is 0 Å². The highest BCUT2D eigenvalue weighted by molar-refractivity contribution is 7.92. The summed E-state index contributed by atoms with van der Waals surface area (Å²) in [7, 11) is -3.90. The topological polar surface area (TPSA) is 176 Å². The Morgan fingerprint density at radius 1 is 1.06 bits per heavy atom. The highest BCUT2D eigenvalue weighted by Crippen LogP contribution is 2.55. The predicted octanol–water partition coefficient (Wildman–Crippen LogP) is 3.58. The molecule has 1 aliphatic rings. The first-order chi connectivity index (χ1) is 16.5. The van der Waals surface area contributed by atoms with Crippen molar-refractivity contribution in [3.63, 3.8) is 0 Å². The summed E-state index contributed by atoms with van der Waals surface area (Å²) in [4.78, 5) is 22.8. The SMILES string of the molecule is N=C(N)c1ccc(NS(=O)(=O)c2ccc(C3CCC3(C(=O)O)c3ccc([N+](=O)[O-])cc3)cc2)cc1. The van der Waals surface area contributed by atoms with Crippen LogP contribution in [0.3, 0.4) is 0 Å². The maximum Gasteiger partial charge on any atom is 0.314 e. The standard InChI is InChI=1S/C24H22N4O6S/c25-22(26)16-1-7-18(8-2-16)27-35(33,34)20-11-3-15(4-12-20)21-13-14-24(21,23(29)30)17-5-9-19(10-6-17)28(31)32/h1-12,21,27H,13-14H2,(H3,25,26)(H,29,30). The van der Waals surface area contributed by atoms with Crippen molar-refractivity contribution in [2.24, 2.45) is 5.73 Å². The molecular formula is C24H22N4O6S. The second-order valence-electron chi connectivity index (χ2n) is 8.34. The number of benzene rings is 3. The van der Waals surface area contributed by atoms with Gasteiger partial charge in [0.05, 0.1) is 15.2 Å². The molecule has 0 heterocycles. The van der Waals surface area contributed by atoms with Crippen LogP contribution >= 0.6 is 0 Å². The zero-order valence-electron chi connectivity index (χ0n) is 18.3. The number of carboxylic acid groups (broad SMARTS) is 1. The highest BCUT2D eigenvalue weighted by atomic mass is 32.2. The van der Waals surface area contributed by atoms with Gasteiger partial charge in [-0.1, -0.05) is 24.3 Å². The molecule has 11 heteroatoms. The predicted molar refractivity (Wildman–Crippen MR) is 129 cm³/mol. The van der Waals surface area contributed by atoms with Crippen molar-refractivity contribution in [2.75, 3.05) is 4.72 Å². The Labute approximate surface area is 201 Å². The third-order valence-electron chi connectivity index (χ3n) is 6.44. The van der Waals surface area contributed by atoms with Crippen LogP contribution < -0.4 is 10.5 Å². The van der Waals surface area contributed by atoms with Gasteiger partial charge in [-0.3, -0.25) is 25.0 Å². The summed E-state index contributed by atoms with van der Waals surface area (Å²) in [6.07, 6.45) is 0.943. The molecule has 3 aromatic rings. The van der Waals surface area contributed by atoms with E-state index in [1.54, 1.807) is 12.1 Å². The van der Waals surface area contributed by atoms with E-state index in [0.29, 0.717) is 35.2 Å². The van der Waals surface area contributed by atoms with Gasteiger partial charge in [-0.05, 0) is 60.4 Å². The van der Waals surface area contributed by atoms with Gasteiger partial charge in [0.1, 0.15) is 5.84 Å². The Hall–Kier alpha value is -4.25. The third kappa shape index (κ3) is 4.33. The number of aliphatic carboxylic acids is 1. The van der Waals surface area contributed by atoms with E-state index in [0.717, 1.165) is 0 Å². The summed E-state index contributed by atoms with van der Waals surface area (Å²) >= 11 is 0. The van der Waals surface area contributed by atoms with Crippen LogP contribution in [0, 0.1) is 15.5 Å². The van der Waals surface area contributed by atoms with Crippen molar-refractivity contribution < 1.29 is 23.2 Å². The van der Waals surface area contributed by atoms with E-state index in [1.807, 2.05) is 0 Å². The Morgan fingerprint density at radius 3 is 2.11 bits per heavy atom. The van der Waals surface area contributed by atoms with Gasteiger partial charge in [0, 0.05) is 29.3 Å². The van der Waals surface area contributed by atoms with Crippen molar-refractivity contribution in [3.05, 3.63) is 99.6 Å². The molecule has 0 spiro atoms. The minimum atomic E-state index is -3.90. The van der Waals surface area contributed by atoms with Crippen molar-refractivity contribution in [1.29, 1.82) is 5.41 Å². The summed E-state index contributed by atoms with van der Waals surface area (Å²) in [6, 6.07) is 17.6. The number of sulfonamides is 1. The molecule has 1 saturated carbocycles. The lowest BCUT2D eigenvalue weighted by Crippen LogP contribution is -2.49. The molecule has 2 atom stereocenters. The lowest BCUT2D eigenvalue weighted by Gasteiger charge is -2.47. The zero-order chi connectivity index (χ0) is 25.4. The summed E-state index contributed by atoms with van der Waals surface area (Å²) in [5.41, 5.74) is 5.96. The number of non-ortho nitro benzene ring substituents is 1. The van der Waals surface area contributed by atoms with Crippen LogP contribution in [-0.4, -0.2) is 30.3 Å². The summed E-state index contributed by atoms with van der Waals surface area (Å²) < 4.78 is 28.1. The Kier molecular flexibility index (Phi) is 6.03. The first-order valence-electron chi connectivity index (χ1n) is 10.6. The van der Waals surface area contributed by atoms with Gasteiger partial charge in [0.25, 0.3) is 15.7 Å². The molecule has 3 aromatic carbocycles. The van der Waals surface area contributed by atoms with Crippen molar-refractivity contribution >= 4 is 33.2 Å². The van der Waals surface area contributed by atoms with E-state index >= 15 is 0 Å². The average Bonchev–Trinajstić information content (AvgIpc) is 2.79. The highest BCUT2D eigenvalue weighted by Gasteiger charge is 2.54. The molecule has 2 unspecified atom stereocenters. The van der Waals surface area contributed by atoms with Gasteiger partial charge in [0.2, 0.25) is 0 Å². The fraction of sp³-hybridized carbons (Fsp3) is 0.167. The van der Waals surface area contributed by atoms with Crippen LogP contribution in [-0.2, 0) is 20.2 Å². The average molecular weight is 495 g/mol. The molecule has 5 N–H and O–H groups in total. The number of rotatable bonds is 8. The molecule has 4 rings (SSSR count). The van der Waals surface area contributed by atoms with Gasteiger partial charge in [0.15, 0.2) is 0 Å². The quantitative estimate of drug-likeness (QED) is 0.160. The molecule has 1 aliphatic carbocycles. The lowest BCUT2D eigenvalue weighted by atomic mass is 9.54. The van der Waals surface area contributed by atoms with Crippen LogP contribution in [0.2, 0.25) is 0 Å². The van der Waals surface area contributed by atoms with Crippen molar-refractivity contribution in [1.82, 2.24) is 0 Å². The molecular weight excluding hydrogens is 472 g/mol. The smallest absolute Gasteiger partial charge is 0.314 e. The second kappa shape index (κ2) is 8.84. The number of nitro benzene ring substituents is 1. The van der Waals surface area contributed by atoms with E-state index in [9.17, 15) is 28.4 Å². The molecule has 0 aromatic heterocycles. The molecule has 180 valence electrons. The number of nitrogens with zero attached hydrogens (tertiary/aromatic N) is 1. The second-order valence-corrected chi connectivity index (χ2v) is 10.0. The number of carboxylic acids is 1. The van der Waals surface area contributed by atoms with Crippen molar-refractivity contribution in [2.45, 2.75) is 29.1 Å². The van der Waals surface area contributed by atoms with E-state index in [2.05, 4.69) is 4.72 Å². The summed E-state index contributed by atoms with van der Waals surface area (Å²) in [6.45, 7) is 0. The minimum Gasteiger partial charge on any atom is -0.481 e. The number of carbonyl (C=O) groups is 1. The molecule has 0 saturated heterocycles. The van der Waals surface area contributed by atoms with Crippen LogP contribution in [0.4, 0.5) is 11.4 Å².